The lowest BCUT2D eigenvalue weighted by Gasteiger charge is -2.17. The van der Waals surface area contributed by atoms with Gasteiger partial charge in [-0.25, -0.2) is 4.39 Å². The number of benzene rings is 1. The highest BCUT2D eigenvalue weighted by molar-refractivity contribution is 5.84. The van der Waals surface area contributed by atoms with Gasteiger partial charge in [0.05, 0.1) is 12.2 Å². The molecule has 0 aliphatic carbocycles. The standard InChI is InChI=1S/C15H19FO2/c1-9-10(2)18-11(3)15(9)14(17)8-12-6-4-5-7-13(12)16/h4-7,9-11,15H,8H2,1-3H3. The Kier molecular flexibility index (Phi) is 3.81. The Bertz CT molecular complexity index is 444. The van der Waals surface area contributed by atoms with Crippen LogP contribution >= 0.6 is 0 Å². The maximum atomic E-state index is 13.5. The summed E-state index contributed by atoms with van der Waals surface area (Å²) in [5.74, 6) is -0.165. The second-order valence-corrected chi connectivity index (χ2v) is 5.17. The minimum absolute atomic E-state index is 0.0736. The molecule has 4 unspecified atom stereocenters. The molecular weight excluding hydrogens is 231 g/mol. The fourth-order valence-corrected chi connectivity index (χ4v) is 2.77. The molecule has 1 saturated heterocycles. The van der Waals surface area contributed by atoms with Gasteiger partial charge >= 0.3 is 0 Å². The number of ether oxygens (including phenoxy) is 1. The molecule has 1 aromatic rings. The first kappa shape index (κ1) is 13.2. The maximum Gasteiger partial charge on any atom is 0.143 e. The van der Waals surface area contributed by atoms with Crippen molar-refractivity contribution in [2.45, 2.75) is 39.4 Å². The van der Waals surface area contributed by atoms with Crippen LogP contribution in [-0.2, 0) is 16.0 Å². The van der Waals surface area contributed by atoms with Crippen molar-refractivity contribution in [3.63, 3.8) is 0 Å². The van der Waals surface area contributed by atoms with E-state index in [-0.39, 0.29) is 42.1 Å². The molecule has 1 aliphatic rings. The Morgan fingerprint density at radius 3 is 2.44 bits per heavy atom. The Labute approximate surface area is 107 Å². The number of halogens is 1. The number of Topliss-reactive ketones (excluding diaryl/α,β-unsaturated/α-hetero) is 1. The summed E-state index contributed by atoms with van der Waals surface area (Å²) in [7, 11) is 0. The maximum absolute atomic E-state index is 13.5. The summed E-state index contributed by atoms with van der Waals surface area (Å²) in [6, 6.07) is 6.45. The lowest BCUT2D eigenvalue weighted by molar-refractivity contribution is -0.124. The highest BCUT2D eigenvalue weighted by atomic mass is 19.1. The molecule has 0 N–H and O–H groups in total. The Balaban J connectivity index is 2.11. The van der Waals surface area contributed by atoms with Gasteiger partial charge in [0.25, 0.3) is 0 Å². The zero-order valence-corrected chi connectivity index (χ0v) is 11.0. The summed E-state index contributed by atoms with van der Waals surface area (Å²) < 4.78 is 19.2. The first-order valence-corrected chi connectivity index (χ1v) is 6.42. The molecule has 1 fully saturated rings. The topological polar surface area (TPSA) is 26.3 Å². The third-order valence-corrected chi connectivity index (χ3v) is 3.94. The quantitative estimate of drug-likeness (QED) is 0.824. The predicted octanol–water partition coefficient (Wildman–Crippen LogP) is 3.00. The number of hydrogen-bond acceptors (Lipinski definition) is 2. The van der Waals surface area contributed by atoms with Gasteiger partial charge in [0.1, 0.15) is 11.6 Å². The molecule has 1 aromatic carbocycles. The summed E-state index contributed by atoms with van der Waals surface area (Å²) in [4.78, 5) is 12.3. The molecule has 2 rings (SSSR count). The van der Waals surface area contributed by atoms with Crippen LogP contribution < -0.4 is 0 Å². The van der Waals surface area contributed by atoms with Crippen LogP contribution in [0.15, 0.2) is 24.3 Å². The van der Waals surface area contributed by atoms with Gasteiger partial charge in [0.2, 0.25) is 0 Å². The third kappa shape index (κ3) is 2.46. The zero-order chi connectivity index (χ0) is 13.3. The average molecular weight is 250 g/mol. The minimum atomic E-state index is -0.307. The molecule has 1 heterocycles. The summed E-state index contributed by atoms with van der Waals surface area (Å²) in [5, 5.41) is 0. The molecule has 1 aliphatic heterocycles. The Hall–Kier alpha value is -1.22. The molecule has 0 bridgehead atoms. The van der Waals surface area contributed by atoms with Crippen LogP contribution in [0.1, 0.15) is 26.3 Å². The first-order valence-electron chi connectivity index (χ1n) is 6.42. The first-order chi connectivity index (χ1) is 8.50. The van der Waals surface area contributed by atoms with Gasteiger partial charge in [-0.3, -0.25) is 4.79 Å². The van der Waals surface area contributed by atoms with Gasteiger partial charge in [0, 0.05) is 12.3 Å². The van der Waals surface area contributed by atoms with E-state index < -0.39 is 0 Å². The zero-order valence-electron chi connectivity index (χ0n) is 11.0. The molecular formula is C15H19FO2. The fourth-order valence-electron chi connectivity index (χ4n) is 2.77. The van der Waals surface area contributed by atoms with Crippen molar-refractivity contribution in [1.29, 1.82) is 0 Å². The largest absolute Gasteiger partial charge is 0.375 e. The average Bonchev–Trinajstić information content (AvgIpc) is 2.56. The van der Waals surface area contributed by atoms with Crippen molar-refractivity contribution in [3.05, 3.63) is 35.6 Å². The molecule has 98 valence electrons. The number of carbonyl (C=O) groups excluding carboxylic acids is 1. The van der Waals surface area contributed by atoms with Crippen LogP contribution in [0, 0.1) is 17.7 Å². The van der Waals surface area contributed by atoms with Crippen molar-refractivity contribution in [2.75, 3.05) is 0 Å². The molecule has 0 saturated carbocycles. The van der Waals surface area contributed by atoms with Crippen molar-refractivity contribution in [1.82, 2.24) is 0 Å². The molecule has 3 heteroatoms. The minimum Gasteiger partial charge on any atom is -0.375 e. The van der Waals surface area contributed by atoms with E-state index in [0.717, 1.165) is 0 Å². The van der Waals surface area contributed by atoms with Crippen molar-refractivity contribution in [2.24, 2.45) is 11.8 Å². The van der Waals surface area contributed by atoms with Crippen LogP contribution in [0.3, 0.4) is 0 Å². The second-order valence-electron chi connectivity index (χ2n) is 5.17. The van der Waals surface area contributed by atoms with Crippen LogP contribution in [0.5, 0.6) is 0 Å². The molecule has 0 aromatic heterocycles. The lowest BCUT2D eigenvalue weighted by atomic mass is 9.84. The third-order valence-electron chi connectivity index (χ3n) is 3.94. The highest BCUT2D eigenvalue weighted by Gasteiger charge is 2.41. The number of ketones is 1. The Morgan fingerprint density at radius 2 is 1.89 bits per heavy atom. The van der Waals surface area contributed by atoms with E-state index >= 15 is 0 Å². The number of hydrogen-bond donors (Lipinski definition) is 0. The van der Waals surface area contributed by atoms with Gasteiger partial charge in [-0.1, -0.05) is 25.1 Å². The van der Waals surface area contributed by atoms with Crippen LogP contribution in [0.4, 0.5) is 4.39 Å². The molecule has 0 spiro atoms. The van der Waals surface area contributed by atoms with Crippen molar-refractivity contribution >= 4 is 5.78 Å². The van der Waals surface area contributed by atoms with E-state index in [0.29, 0.717) is 5.56 Å². The monoisotopic (exact) mass is 250 g/mol. The number of carbonyl (C=O) groups is 1. The lowest BCUT2D eigenvalue weighted by Crippen LogP contribution is -2.28. The number of rotatable bonds is 3. The Morgan fingerprint density at radius 1 is 1.22 bits per heavy atom. The van der Waals surface area contributed by atoms with Crippen molar-refractivity contribution < 1.29 is 13.9 Å². The van der Waals surface area contributed by atoms with Gasteiger partial charge in [-0.2, -0.15) is 0 Å². The van der Waals surface area contributed by atoms with E-state index in [1.807, 2.05) is 20.8 Å². The van der Waals surface area contributed by atoms with E-state index in [4.69, 9.17) is 4.74 Å². The van der Waals surface area contributed by atoms with E-state index in [1.165, 1.54) is 6.07 Å². The SMILES string of the molecule is CC1OC(C)C(C(=O)Cc2ccccc2F)C1C. The summed E-state index contributed by atoms with van der Waals surface area (Å²) in [5.41, 5.74) is 0.474. The summed E-state index contributed by atoms with van der Waals surface area (Å²) in [6.45, 7) is 5.93. The van der Waals surface area contributed by atoms with E-state index in [1.54, 1.807) is 18.2 Å². The normalized spacial score (nSPS) is 31.6. The molecule has 2 nitrogen and oxygen atoms in total. The van der Waals surface area contributed by atoms with E-state index in [2.05, 4.69) is 0 Å². The summed E-state index contributed by atoms with van der Waals surface area (Å²) in [6.07, 6.45) is 0.172. The van der Waals surface area contributed by atoms with Gasteiger partial charge in [-0.15, -0.1) is 0 Å². The highest BCUT2D eigenvalue weighted by Crippen LogP contribution is 2.33. The smallest absolute Gasteiger partial charge is 0.143 e. The molecule has 4 atom stereocenters. The van der Waals surface area contributed by atoms with Gasteiger partial charge in [-0.05, 0) is 31.4 Å². The molecule has 0 amide bonds. The predicted molar refractivity (Wildman–Crippen MR) is 67.8 cm³/mol. The van der Waals surface area contributed by atoms with E-state index in [9.17, 15) is 9.18 Å². The summed E-state index contributed by atoms with van der Waals surface area (Å²) >= 11 is 0. The fraction of sp³-hybridized carbons (Fsp3) is 0.533. The van der Waals surface area contributed by atoms with Crippen molar-refractivity contribution in [3.8, 4) is 0 Å². The molecule has 18 heavy (non-hydrogen) atoms. The van der Waals surface area contributed by atoms with Gasteiger partial charge < -0.3 is 4.74 Å². The molecule has 0 radical (unpaired) electrons. The van der Waals surface area contributed by atoms with Crippen LogP contribution in [0.25, 0.3) is 0 Å². The van der Waals surface area contributed by atoms with Gasteiger partial charge in [0.15, 0.2) is 0 Å². The van der Waals surface area contributed by atoms with Crippen LogP contribution in [0.2, 0.25) is 0 Å². The van der Waals surface area contributed by atoms with Crippen LogP contribution in [-0.4, -0.2) is 18.0 Å². The second kappa shape index (κ2) is 5.19.